The van der Waals surface area contributed by atoms with Gasteiger partial charge in [-0.05, 0) is 61.9 Å². The Kier molecular flexibility index (Phi) is 8.12. The van der Waals surface area contributed by atoms with Crippen molar-refractivity contribution < 1.29 is 14.7 Å². The van der Waals surface area contributed by atoms with E-state index in [1.54, 1.807) is 30.3 Å². The SMILES string of the molecule is NCCCCCCNC(=O)c1ccc(N=Nc2ccc(O)c(C=O)c2)cc1. The first-order valence-electron chi connectivity index (χ1n) is 8.92. The molecule has 0 unspecified atom stereocenters. The summed E-state index contributed by atoms with van der Waals surface area (Å²) in [7, 11) is 0. The summed E-state index contributed by atoms with van der Waals surface area (Å²) in [5.74, 6) is -0.217. The second-order valence-electron chi connectivity index (χ2n) is 6.07. The first kappa shape index (κ1) is 20.3. The van der Waals surface area contributed by atoms with Gasteiger partial charge in [-0.25, -0.2) is 0 Å². The van der Waals surface area contributed by atoms with Gasteiger partial charge in [0, 0.05) is 12.1 Å². The Hall–Kier alpha value is -3.06. The van der Waals surface area contributed by atoms with Crippen LogP contribution in [0.5, 0.6) is 5.75 Å². The summed E-state index contributed by atoms with van der Waals surface area (Å²) < 4.78 is 0. The molecule has 27 heavy (non-hydrogen) atoms. The van der Waals surface area contributed by atoms with Crippen molar-refractivity contribution in [1.29, 1.82) is 0 Å². The van der Waals surface area contributed by atoms with Crippen LogP contribution < -0.4 is 11.1 Å². The Morgan fingerprint density at radius 2 is 1.67 bits per heavy atom. The van der Waals surface area contributed by atoms with Gasteiger partial charge in [0.05, 0.1) is 16.9 Å². The number of phenols is 1. The van der Waals surface area contributed by atoms with E-state index in [1.807, 2.05) is 0 Å². The normalized spacial score (nSPS) is 10.9. The van der Waals surface area contributed by atoms with E-state index in [-0.39, 0.29) is 17.2 Å². The minimum atomic E-state index is -0.119. The van der Waals surface area contributed by atoms with Crippen LogP contribution >= 0.6 is 0 Å². The van der Waals surface area contributed by atoms with Crippen LogP contribution in [0, 0.1) is 0 Å². The van der Waals surface area contributed by atoms with E-state index in [4.69, 9.17) is 5.73 Å². The van der Waals surface area contributed by atoms with Gasteiger partial charge in [0.15, 0.2) is 6.29 Å². The number of benzene rings is 2. The number of hydrogen-bond acceptors (Lipinski definition) is 6. The van der Waals surface area contributed by atoms with Crippen molar-refractivity contribution in [2.45, 2.75) is 25.7 Å². The van der Waals surface area contributed by atoms with Crippen molar-refractivity contribution in [2.24, 2.45) is 16.0 Å². The molecule has 0 aliphatic rings. The number of nitrogens with two attached hydrogens (primary N) is 1. The topological polar surface area (TPSA) is 117 Å². The molecule has 0 heterocycles. The van der Waals surface area contributed by atoms with Gasteiger partial charge in [-0.15, -0.1) is 0 Å². The molecule has 0 fully saturated rings. The highest BCUT2D eigenvalue weighted by Crippen LogP contribution is 2.24. The predicted molar refractivity (Wildman–Crippen MR) is 104 cm³/mol. The van der Waals surface area contributed by atoms with Crippen LogP contribution in [0.3, 0.4) is 0 Å². The molecule has 7 nitrogen and oxygen atoms in total. The van der Waals surface area contributed by atoms with E-state index in [2.05, 4.69) is 15.5 Å². The Bertz CT molecular complexity index is 788. The maximum Gasteiger partial charge on any atom is 0.251 e. The molecule has 0 saturated heterocycles. The quantitative estimate of drug-likeness (QED) is 0.335. The molecule has 0 saturated carbocycles. The molecule has 142 valence electrons. The van der Waals surface area contributed by atoms with Crippen LogP contribution in [0.25, 0.3) is 0 Å². The van der Waals surface area contributed by atoms with Crippen molar-refractivity contribution in [2.75, 3.05) is 13.1 Å². The second-order valence-corrected chi connectivity index (χ2v) is 6.07. The van der Waals surface area contributed by atoms with Crippen molar-refractivity contribution >= 4 is 23.6 Å². The van der Waals surface area contributed by atoms with Crippen LogP contribution in [-0.4, -0.2) is 30.4 Å². The molecule has 4 N–H and O–H groups in total. The Labute approximate surface area is 158 Å². The van der Waals surface area contributed by atoms with Crippen molar-refractivity contribution in [3.63, 3.8) is 0 Å². The van der Waals surface area contributed by atoms with Crippen molar-refractivity contribution in [3.05, 3.63) is 53.6 Å². The third-order valence-electron chi connectivity index (χ3n) is 3.96. The van der Waals surface area contributed by atoms with E-state index >= 15 is 0 Å². The third-order valence-corrected chi connectivity index (χ3v) is 3.96. The van der Waals surface area contributed by atoms with Gasteiger partial charge in [-0.2, -0.15) is 10.2 Å². The summed E-state index contributed by atoms with van der Waals surface area (Å²) in [5, 5.41) is 20.5. The van der Waals surface area contributed by atoms with Gasteiger partial charge in [0.25, 0.3) is 5.91 Å². The van der Waals surface area contributed by atoms with Crippen LogP contribution in [0.1, 0.15) is 46.4 Å². The second kappa shape index (κ2) is 10.8. The summed E-state index contributed by atoms with van der Waals surface area (Å²) >= 11 is 0. The lowest BCUT2D eigenvalue weighted by Crippen LogP contribution is -2.24. The number of carbonyl (C=O) groups is 2. The lowest BCUT2D eigenvalue weighted by atomic mass is 10.1. The van der Waals surface area contributed by atoms with Crippen LogP contribution in [0.15, 0.2) is 52.7 Å². The Balaban J connectivity index is 1.87. The highest BCUT2D eigenvalue weighted by Gasteiger charge is 2.05. The smallest absolute Gasteiger partial charge is 0.251 e. The monoisotopic (exact) mass is 368 g/mol. The van der Waals surface area contributed by atoms with Crippen LogP contribution in [-0.2, 0) is 0 Å². The number of amides is 1. The third kappa shape index (κ3) is 6.63. The van der Waals surface area contributed by atoms with Gasteiger partial charge >= 0.3 is 0 Å². The van der Waals surface area contributed by atoms with E-state index in [1.165, 1.54) is 12.1 Å². The summed E-state index contributed by atoms with van der Waals surface area (Å²) in [4.78, 5) is 22.9. The minimum absolute atomic E-state index is 0.0984. The molecule has 0 aromatic heterocycles. The van der Waals surface area contributed by atoms with E-state index in [9.17, 15) is 14.7 Å². The largest absolute Gasteiger partial charge is 0.507 e. The number of hydrogen-bond donors (Lipinski definition) is 3. The summed E-state index contributed by atoms with van der Waals surface area (Å²) in [6.45, 7) is 1.35. The molecule has 7 heteroatoms. The molecule has 2 aromatic rings. The first-order chi connectivity index (χ1) is 13.1. The number of unbranched alkanes of at least 4 members (excludes halogenated alkanes) is 3. The Morgan fingerprint density at radius 1 is 1.00 bits per heavy atom. The molecule has 1 amide bonds. The standard InChI is InChI=1S/C20H24N4O3/c21-11-3-1-2-4-12-22-20(27)15-5-7-17(8-6-15)23-24-18-9-10-19(26)16(13-18)14-25/h5-10,13-14,26H,1-4,11-12,21H2,(H,22,27). The summed E-state index contributed by atoms with van der Waals surface area (Å²) in [6.07, 6.45) is 4.65. The number of aldehydes is 1. The molecule has 2 aromatic carbocycles. The number of azo groups is 1. The van der Waals surface area contributed by atoms with Gasteiger partial charge in [-0.1, -0.05) is 12.8 Å². The fraction of sp³-hybridized carbons (Fsp3) is 0.300. The fourth-order valence-electron chi connectivity index (χ4n) is 2.42. The molecule has 0 aliphatic carbocycles. The maximum absolute atomic E-state index is 12.1. The van der Waals surface area contributed by atoms with Crippen LogP contribution in [0.2, 0.25) is 0 Å². The highest BCUT2D eigenvalue weighted by molar-refractivity contribution is 5.94. The number of aromatic hydroxyl groups is 1. The number of rotatable bonds is 10. The zero-order chi connectivity index (χ0) is 19.5. The summed E-state index contributed by atoms with van der Waals surface area (Å²) in [5.41, 5.74) is 7.19. The molecule has 0 spiro atoms. The van der Waals surface area contributed by atoms with Crippen LogP contribution in [0.4, 0.5) is 11.4 Å². The lowest BCUT2D eigenvalue weighted by Gasteiger charge is -2.05. The average molecular weight is 368 g/mol. The minimum Gasteiger partial charge on any atom is -0.507 e. The van der Waals surface area contributed by atoms with Gasteiger partial charge in [-0.3, -0.25) is 9.59 Å². The van der Waals surface area contributed by atoms with E-state index in [0.29, 0.717) is 36.3 Å². The number of phenolic OH excluding ortho intramolecular Hbond substituents is 1. The fourth-order valence-corrected chi connectivity index (χ4v) is 2.42. The Morgan fingerprint density at radius 3 is 2.37 bits per heavy atom. The zero-order valence-electron chi connectivity index (χ0n) is 15.1. The van der Waals surface area contributed by atoms with Gasteiger partial charge in [0.2, 0.25) is 0 Å². The highest BCUT2D eigenvalue weighted by atomic mass is 16.3. The molecular formula is C20H24N4O3. The van der Waals surface area contributed by atoms with E-state index < -0.39 is 0 Å². The number of nitrogens with one attached hydrogen (secondary N) is 1. The number of nitrogens with zero attached hydrogens (tertiary/aromatic N) is 2. The van der Waals surface area contributed by atoms with Crippen molar-refractivity contribution in [3.8, 4) is 5.75 Å². The molecular weight excluding hydrogens is 344 g/mol. The van der Waals surface area contributed by atoms with Gasteiger partial charge in [0.1, 0.15) is 5.75 Å². The zero-order valence-corrected chi connectivity index (χ0v) is 15.1. The lowest BCUT2D eigenvalue weighted by molar-refractivity contribution is 0.0952. The molecule has 0 atom stereocenters. The summed E-state index contributed by atoms with van der Waals surface area (Å²) in [6, 6.07) is 11.2. The molecule has 0 aliphatic heterocycles. The van der Waals surface area contributed by atoms with Gasteiger partial charge < -0.3 is 16.2 Å². The van der Waals surface area contributed by atoms with E-state index in [0.717, 1.165) is 25.7 Å². The number of carbonyl (C=O) groups excluding carboxylic acids is 2. The average Bonchev–Trinajstić information content (AvgIpc) is 2.70. The predicted octanol–water partition coefficient (Wildman–Crippen LogP) is 3.87. The van der Waals surface area contributed by atoms with Crippen molar-refractivity contribution in [1.82, 2.24) is 5.32 Å². The molecule has 0 bridgehead atoms. The maximum atomic E-state index is 12.1. The molecule has 2 rings (SSSR count). The first-order valence-corrected chi connectivity index (χ1v) is 8.92. The molecule has 0 radical (unpaired) electrons.